The fourth-order valence-electron chi connectivity index (χ4n) is 2.72. The quantitative estimate of drug-likeness (QED) is 0.861. The van der Waals surface area contributed by atoms with Crippen LogP contribution in [0.3, 0.4) is 0 Å². The second kappa shape index (κ2) is 7.35. The van der Waals surface area contributed by atoms with Crippen LogP contribution in [-0.2, 0) is 29.1 Å². The molecule has 0 atom stereocenters. The van der Waals surface area contributed by atoms with E-state index in [1.807, 2.05) is 40.8 Å². The van der Waals surface area contributed by atoms with Crippen molar-refractivity contribution in [1.82, 2.24) is 14.9 Å². The van der Waals surface area contributed by atoms with Gasteiger partial charge in [0.1, 0.15) is 19.0 Å². The topological polar surface area (TPSA) is 68.6 Å². The number of anilines is 1. The van der Waals surface area contributed by atoms with Gasteiger partial charge in [-0.25, -0.2) is 4.98 Å². The molecule has 2 aromatic rings. The Hall–Kier alpha value is -2.54. The summed E-state index contributed by atoms with van der Waals surface area (Å²) >= 11 is 0. The summed E-state index contributed by atoms with van der Waals surface area (Å²) in [5.41, 5.74) is 2.07. The average molecular weight is 330 g/mol. The van der Waals surface area contributed by atoms with Crippen molar-refractivity contribution >= 4 is 11.7 Å². The maximum Gasteiger partial charge on any atom is 0.239 e. The first-order valence-corrected chi connectivity index (χ1v) is 7.90. The van der Waals surface area contributed by atoms with E-state index in [1.165, 1.54) is 0 Å². The van der Waals surface area contributed by atoms with Crippen LogP contribution in [0.2, 0.25) is 0 Å². The molecular formula is C17H22N4O3. The van der Waals surface area contributed by atoms with E-state index in [0.717, 1.165) is 29.2 Å². The third-order valence-electron chi connectivity index (χ3n) is 3.99. The molecular weight excluding hydrogens is 308 g/mol. The predicted octanol–water partition coefficient (Wildman–Crippen LogP) is 1.17. The smallest absolute Gasteiger partial charge is 0.239 e. The Morgan fingerprint density at radius 2 is 2.33 bits per heavy atom. The fourth-order valence-corrected chi connectivity index (χ4v) is 2.72. The molecule has 1 aliphatic rings. The first-order valence-electron chi connectivity index (χ1n) is 7.90. The lowest BCUT2D eigenvalue weighted by Crippen LogP contribution is -2.31. The standard InChI is InChI=1S/C17H22N4O3/c1-20-12-24-10-15-17(20)19-11-21(15)9-16(22)18-7-6-13-4-3-5-14(8-13)23-2/h3-5,8,11H,6-7,9-10,12H2,1-2H3,(H,18,22). The number of amides is 1. The number of carbonyl (C=O) groups excluding carboxylic acids is 1. The number of nitrogens with one attached hydrogen (secondary N) is 1. The van der Waals surface area contributed by atoms with Gasteiger partial charge in [0, 0.05) is 13.6 Å². The number of fused-ring (bicyclic) bond motifs is 1. The highest BCUT2D eigenvalue weighted by Gasteiger charge is 2.20. The molecule has 1 amide bonds. The number of hydrogen-bond acceptors (Lipinski definition) is 5. The summed E-state index contributed by atoms with van der Waals surface area (Å²) in [6, 6.07) is 7.85. The second-order valence-electron chi connectivity index (χ2n) is 5.77. The van der Waals surface area contributed by atoms with E-state index in [1.54, 1.807) is 13.4 Å². The summed E-state index contributed by atoms with van der Waals surface area (Å²) in [5.74, 6) is 1.67. The molecule has 3 rings (SSSR count). The highest BCUT2D eigenvalue weighted by atomic mass is 16.5. The van der Waals surface area contributed by atoms with Crippen LogP contribution in [0, 0.1) is 0 Å². The minimum atomic E-state index is -0.0358. The van der Waals surface area contributed by atoms with Crippen LogP contribution >= 0.6 is 0 Å². The zero-order valence-electron chi connectivity index (χ0n) is 14.0. The Balaban J connectivity index is 1.51. The van der Waals surface area contributed by atoms with Crippen molar-refractivity contribution in [3.05, 3.63) is 41.9 Å². The lowest BCUT2D eigenvalue weighted by Gasteiger charge is -2.24. The van der Waals surface area contributed by atoms with Gasteiger partial charge in [-0.2, -0.15) is 0 Å². The largest absolute Gasteiger partial charge is 0.497 e. The second-order valence-corrected chi connectivity index (χ2v) is 5.77. The average Bonchev–Trinajstić information content (AvgIpc) is 2.99. The summed E-state index contributed by atoms with van der Waals surface area (Å²) in [4.78, 5) is 18.4. The van der Waals surface area contributed by atoms with Gasteiger partial charge in [0.15, 0.2) is 5.82 Å². The zero-order valence-corrected chi connectivity index (χ0v) is 14.0. The lowest BCUT2D eigenvalue weighted by molar-refractivity contribution is -0.121. The number of benzene rings is 1. The van der Waals surface area contributed by atoms with E-state index in [9.17, 15) is 4.79 Å². The summed E-state index contributed by atoms with van der Waals surface area (Å²) in [7, 11) is 3.57. The third-order valence-corrected chi connectivity index (χ3v) is 3.99. The lowest BCUT2D eigenvalue weighted by atomic mass is 10.1. The van der Waals surface area contributed by atoms with Crippen LogP contribution in [0.5, 0.6) is 5.75 Å². The Kier molecular flexibility index (Phi) is 5.00. The van der Waals surface area contributed by atoms with Gasteiger partial charge in [0.25, 0.3) is 0 Å². The van der Waals surface area contributed by atoms with Crippen molar-refractivity contribution in [1.29, 1.82) is 0 Å². The Morgan fingerprint density at radius 3 is 3.17 bits per heavy atom. The normalized spacial score (nSPS) is 13.5. The molecule has 0 saturated carbocycles. The molecule has 2 heterocycles. The molecule has 0 spiro atoms. The molecule has 0 bridgehead atoms. The van der Waals surface area contributed by atoms with Crippen LogP contribution < -0.4 is 15.0 Å². The minimum Gasteiger partial charge on any atom is -0.497 e. The molecule has 1 aromatic carbocycles. The number of rotatable bonds is 6. The Bertz CT molecular complexity index is 714. The van der Waals surface area contributed by atoms with Gasteiger partial charge in [-0.05, 0) is 24.1 Å². The number of carbonyl (C=O) groups is 1. The number of hydrogen-bond donors (Lipinski definition) is 1. The van der Waals surface area contributed by atoms with E-state index in [-0.39, 0.29) is 12.5 Å². The van der Waals surface area contributed by atoms with Crippen molar-refractivity contribution in [2.45, 2.75) is 19.6 Å². The van der Waals surface area contributed by atoms with Gasteiger partial charge in [0.2, 0.25) is 5.91 Å². The summed E-state index contributed by atoms with van der Waals surface area (Å²) in [6.45, 7) is 1.84. The van der Waals surface area contributed by atoms with E-state index in [4.69, 9.17) is 9.47 Å². The number of methoxy groups -OCH3 is 1. The molecule has 24 heavy (non-hydrogen) atoms. The Labute approximate surface area is 141 Å². The summed E-state index contributed by atoms with van der Waals surface area (Å²) in [5, 5.41) is 2.94. The molecule has 7 nitrogen and oxygen atoms in total. The number of aromatic nitrogens is 2. The minimum absolute atomic E-state index is 0.0358. The van der Waals surface area contributed by atoms with E-state index < -0.39 is 0 Å². The number of ether oxygens (including phenoxy) is 2. The summed E-state index contributed by atoms with van der Waals surface area (Å²) < 4.78 is 12.5. The maximum atomic E-state index is 12.2. The predicted molar refractivity (Wildman–Crippen MR) is 90.0 cm³/mol. The van der Waals surface area contributed by atoms with Gasteiger partial charge >= 0.3 is 0 Å². The monoisotopic (exact) mass is 330 g/mol. The molecule has 128 valence electrons. The molecule has 1 aliphatic heterocycles. The fraction of sp³-hybridized carbons (Fsp3) is 0.412. The highest BCUT2D eigenvalue weighted by Crippen LogP contribution is 2.22. The molecule has 0 unspecified atom stereocenters. The molecule has 0 saturated heterocycles. The van der Waals surface area contributed by atoms with Crippen LogP contribution in [0.1, 0.15) is 11.3 Å². The molecule has 0 fully saturated rings. The SMILES string of the molecule is COc1cccc(CCNC(=O)Cn2cnc3c2COCN3C)c1. The molecule has 1 aromatic heterocycles. The Morgan fingerprint density at radius 1 is 1.46 bits per heavy atom. The zero-order chi connectivity index (χ0) is 16.9. The van der Waals surface area contributed by atoms with Crippen molar-refractivity contribution < 1.29 is 14.3 Å². The van der Waals surface area contributed by atoms with Gasteiger partial charge in [0.05, 0.1) is 25.7 Å². The maximum absolute atomic E-state index is 12.2. The summed E-state index contributed by atoms with van der Waals surface area (Å²) in [6.07, 6.45) is 2.45. The van der Waals surface area contributed by atoms with Gasteiger partial charge < -0.3 is 24.3 Å². The first-order chi connectivity index (χ1) is 11.7. The van der Waals surface area contributed by atoms with E-state index in [0.29, 0.717) is 19.9 Å². The molecule has 1 N–H and O–H groups in total. The third kappa shape index (κ3) is 3.68. The van der Waals surface area contributed by atoms with Crippen LogP contribution in [0.25, 0.3) is 0 Å². The number of nitrogens with zero attached hydrogens (tertiary/aromatic N) is 3. The van der Waals surface area contributed by atoms with Gasteiger partial charge in [-0.15, -0.1) is 0 Å². The van der Waals surface area contributed by atoms with Crippen LogP contribution in [0.4, 0.5) is 5.82 Å². The molecule has 7 heteroatoms. The van der Waals surface area contributed by atoms with Gasteiger partial charge in [-0.3, -0.25) is 4.79 Å². The van der Waals surface area contributed by atoms with Crippen molar-refractivity contribution in [3.63, 3.8) is 0 Å². The van der Waals surface area contributed by atoms with Crippen LogP contribution in [0.15, 0.2) is 30.6 Å². The van der Waals surface area contributed by atoms with Crippen molar-refractivity contribution in [3.8, 4) is 5.75 Å². The molecule has 0 radical (unpaired) electrons. The first kappa shape index (κ1) is 16.3. The van der Waals surface area contributed by atoms with E-state index >= 15 is 0 Å². The van der Waals surface area contributed by atoms with E-state index in [2.05, 4.69) is 10.3 Å². The molecule has 0 aliphatic carbocycles. The number of imidazole rings is 1. The van der Waals surface area contributed by atoms with Crippen molar-refractivity contribution in [2.24, 2.45) is 0 Å². The van der Waals surface area contributed by atoms with Gasteiger partial charge in [-0.1, -0.05) is 12.1 Å². The highest BCUT2D eigenvalue weighted by molar-refractivity contribution is 5.76. The van der Waals surface area contributed by atoms with Crippen molar-refractivity contribution in [2.75, 3.05) is 32.3 Å². The van der Waals surface area contributed by atoms with Crippen LogP contribution in [-0.4, -0.2) is 42.9 Å².